The van der Waals surface area contributed by atoms with Gasteiger partial charge in [0.1, 0.15) is 16.8 Å². The zero-order valence-electron chi connectivity index (χ0n) is 12.2. The summed E-state index contributed by atoms with van der Waals surface area (Å²) < 4.78 is 5.43. The maximum atomic E-state index is 12.0. The molecule has 2 atom stereocenters. The summed E-state index contributed by atoms with van der Waals surface area (Å²) in [4.78, 5) is 23.1. The van der Waals surface area contributed by atoms with Gasteiger partial charge in [0, 0.05) is 0 Å². The lowest BCUT2D eigenvalue weighted by Gasteiger charge is -2.18. The summed E-state index contributed by atoms with van der Waals surface area (Å²) in [6.07, 6.45) is 2.66. The van der Waals surface area contributed by atoms with Crippen LogP contribution < -0.4 is 10.1 Å². The van der Waals surface area contributed by atoms with Gasteiger partial charge in [-0.3, -0.25) is 4.79 Å². The zero-order chi connectivity index (χ0) is 16.7. The van der Waals surface area contributed by atoms with Crippen molar-refractivity contribution in [3.05, 3.63) is 40.4 Å². The van der Waals surface area contributed by atoms with E-state index in [1.165, 1.54) is 6.92 Å². The fourth-order valence-corrected chi connectivity index (χ4v) is 1.94. The lowest BCUT2D eigenvalue weighted by Crippen LogP contribution is -2.46. The minimum atomic E-state index is -1.11. The molecule has 1 amide bonds. The van der Waals surface area contributed by atoms with E-state index < -0.39 is 24.0 Å². The van der Waals surface area contributed by atoms with Gasteiger partial charge in [-0.2, -0.15) is 0 Å². The van der Waals surface area contributed by atoms with Crippen LogP contribution in [0.1, 0.15) is 20.3 Å². The van der Waals surface area contributed by atoms with E-state index in [0.29, 0.717) is 5.02 Å². The van der Waals surface area contributed by atoms with E-state index in [2.05, 4.69) is 5.32 Å². The molecule has 120 valence electrons. The van der Waals surface area contributed by atoms with Gasteiger partial charge in [0.2, 0.25) is 0 Å². The molecule has 22 heavy (non-hydrogen) atoms. The standard InChI is InChI=1S/C15H17Cl2NO4/c1-3-4-7-11(15(20)21)18-14(19)9(2)22-12-8-5-6-10(16)13(12)17/h3-6,8-9,11H,7H2,1-2H3,(H,18,19)(H,20,21)/b4-3+. The smallest absolute Gasteiger partial charge is 0.326 e. The molecule has 7 heteroatoms. The van der Waals surface area contributed by atoms with Gasteiger partial charge in [0.05, 0.1) is 5.02 Å². The Labute approximate surface area is 138 Å². The fourth-order valence-electron chi connectivity index (χ4n) is 1.60. The van der Waals surface area contributed by atoms with Crippen LogP contribution in [0.15, 0.2) is 30.4 Å². The van der Waals surface area contributed by atoms with Gasteiger partial charge in [-0.1, -0.05) is 41.4 Å². The number of carbonyl (C=O) groups excluding carboxylic acids is 1. The molecule has 1 aromatic rings. The highest BCUT2D eigenvalue weighted by atomic mass is 35.5. The molecule has 0 aliphatic heterocycles. The molecule has 1 aromatic carbocycles. The third kappa shape index (κ3) is 5.24. The normalized spacial score (nSPS) is 13.6. The third-order valence-electron chi connectivity index (χ3n) is 2.81. The Hall–Kier alpha value is -1.72. The molecule has 0 saturated heterocycles. The van der Waals surface area contributed by atoms with Crippen LogP contribution in [0.4, 0.5) is 0 Å². The summed E-state index contributed by atoms with van der Waals surface area (Å²) in [5.41, 5.74) is 0. The van der Waals surface area contributed by atoms with E-state index in [1.807, 2.05) is 0 Å². The van der Waals surface area contributed by atoms with Crippen LogP contribution in [0.25, 0.3) is 0 Å². The van der Waals surface area contributed by atoms with Crippen molar-refractivity contribution in [3.8, 4) is 5.75 Å². The van der Waals surface area contributed by atoms with Crippen molar-refractivity contribution in [3.63, 3.8) is 0 Å². The van der Waals surface area contributed by atoms with Crippen LogP contribution in [-0.2, 0) is 9.59 Å². The number of rotatable bonds is 7. The van der Waals surface area contributed by atoms with Gasteiger partial charge < -0.3 is 15.2 Å². The van der Waals surface area contributed by atoms with Crippen molar-refractivity contribution in [1.29, 1.82) is 0 Å². The first-order valence-corrected chi connectivity index (χ1v) is 7.37. The SMILES string of the molecule is C/C=C/CC(NC(=O)C(C)Oc1cccc(Cl)c1Cl)C(=O)O. The molecule has 0 saturated carbocycles. The van der Waals surface area contributed by atoms with Gasteiger partial charge in [-0.05, 0) is 32.4 Å². The summed E-state index contributed by atoms with van der Waals surface area (Å²) in [5, 5.41) is 12.0. The van der Waals surface area contributed by atoms with Gasteiger partial charge >= 0.3 is 5.97 Å². The molecule has 2 N–H and O–H groups in total. The molecule has 0 radical (unpaired) electrons. The second-order valence-corrected chi connectivity index (χ2v) is 5.30. The highest BCUT2D eigenvalue weighted by Crippen LogP contribution is 2.32. The molecular weight excluding hydrogens is 329 g/mol. The Kier molecular flexibility index (Phi) is 7.21. The quantitative estimate of drug-likeness (QED) is 0.743. The van der Waals surface area contributed by atoms with Crippen LogP contribution in [-0.4, -0.2) is 29.1 Å². The Bertz CT molecular complexity index is 575. The average Bonchev–Trinajstić information content (AvgIpc) is 2.47. The highest BCUT2D eigenvalue weighted by Gasteiger charge is 2.23. The lowest BCUT2D eigenvalue weighted by molar-refractivity contribution is -0.142. The minimum absolute atomic E-state index is 0.197. The molecule has 0 spiro atoms. The second kappa shape index (κ2) is 8.66. The number of carboxylic acid groups (broad SMARTS) is 1. The first-order valence-electron chi connectivity index (χ1n) is 6.61. The zero-order valence-corrected chi connectivity index (χ0v) is 13.7. The third-order valence-corrected chi connectivity index (χ3v) is 3.61. The number of hydrogen-bond acceptors (Lipinski definition) is 3. The molecule has 0 heterocycles. The second-order valence-electron chi connectivity index (χ2n) is 4.52. The van der Waals surface area contributed by atoms with Crippen LogP contribution in [0.2, 0.25) is 10.0 Å². The van der Waals surface area contributed by atoms with Gasteiger partial charge in [0.25, 0.3) is 5.91 Å². The van der Waals surface area contributed by atoms with Crippen LogP contribution >= 0.6 is 23.2 Å². The average molecular weight is 346 g/mol. The van der Waals surface area contributed by atoms with E-state index in [-0.39, 0.29) is 17.2 Å². The summed E-state index contributed by atoms with van der Waals surface area (Å²) >= 11 is 11.8. The van der Waals surface area contributed by atoms with Crippen molar-refractivity contribution >= 4 is 35.1 Å². The number of amides is 1. The molecule has 0 aromatic heterocycles. The Balaban J connectivity index is 2.71. The summed E-state index contributed by atoms with van der Waals surface area (Å²) in [6.45, 7) is 3.27. The Morgan fingerprint density at radius 1 is 1.41 bits per heavy atom. The predicted molar refractivity (Wildman–Crippen MR) is 85.5 cm³/mol. The largest absolute Gasteiger partial charge is 0.480 e. The number of halogens is 2. The van der Waals surface area contributed by atoms with Gasteiger partial charge in [0.15, 0.2) is 6.10 Å². The number of benzene rings is 1. The van der Waals surface area contributed by atoms with Crippen molar-refractivity contribution in [2.45, 2.75) is 32.4 Å². The van der Waals surface area contributed by atoms with Crippen LogP contribution in [0.3, 0.4) is 0 Å². The van der Waals surface area contributed by atoms with E-state index in [0.717, 1.165) is 0 Å². The van der Waals surface area contributed by atoms with E-state index >= 15 is 0 Å². The van der Waals surface area contributed by atoms with E-state index in [4.69, 9.17) is 33.0 Å². The molecule has 5 nitrogen and oxygen atoms in total. The maximum Gasteiger partial charge on any atom is 0.326 e. The first kappa shape index (κ1) is 18.3. The first-order chi connectivity index (χ1) is 10.4. The minimum Gasteiger partial charge on any atom is -0.480 e. The predicted octanol–water partition coefficient (Wildman–Crippen LogP) is 3.30. The molecule has 1 rings (SSSR count). The molecule has 0 fully saturated rings. The maximum absolute atomic E-state index is 12.0. The molecule has 0 bridgehead atoms. The molecular formula is C15H17Cl2NO4. The number of aliphatic carboxylic acids is 1. The molecule has 0 aliphatic rings. The number of nitrogens with one attached hydrogen (secondary N) is 1. The molecule has 0 aliphatic carbocycles. The van der Waals surface area contributed by atoms with Gasteiger partial charge in [-0.25, -0.2) is 4.79 Å². The Morgan fingerprint density at radius 2 is 2.09 bits per heavy atom. The van der Waals surface area contributed by atoms with E-state index in [9.17, 15) is 9.59 Å². The number of carbonyl (C=O) groups is 2. The fraction of sp³-hybridized carbons (Fsp3) is 0.333. The van der Waals surface area contributed by atoms with Gasteiger partial charge in [-0.15, -0.1) is 0 Å². The van der Waals surface area contributed by atoms with Crippen molar-refractivity contribution in [2.24, 2.45) is 0 Å². The van der Waals surface area contributed by atoms with Crippen molar-refractivity contribution in [1.82, 2.24) is 5.32 Å². The van der Waals surface area contributed by atoms with Crippen LogP contribution in [0.5, 0.6) is 5.75 Å². The topological polar surface area (TPSA) is 75.6 Å². The van der Waals surface area contributed by atoms with Crippen molar-refractivity contribution < 1.29 is 19.4 Å². The summed E-state index contributed by atoms with van der Waals surface area (Å²) in [6, 6.07) is 3.80. The molecule has 2 unspecified atom stereocenters. The highest BCUT2D eigenvalue weighted by molar-refractivity contribution is 6.42. The number of allylic oxidation sites excluding steroid dienone is 1. The van der Waals surface area contributed by atoms with Crippen LogP contribution in [0, 0.1) is 0 Å². The lowest BCUT2D eigenvalue weighted by atomic mass is 10.2. The Morgan fingerprint density at radius 3 is 2.68 bits per heavy atom. The number of hydrogen-bond donors (Lipinski definition) is 2. The monoisotopic (exact) mass is 345 g/mol. The summed E-state index contributed by atoms with van der Waals surface area (Å²) in [7, 11) is 0. The number of ether oxygens (including phenoxy) is 1. The van der Waals surface area contributed by atoms with Crippen molar-refractivity contribution in [2.75, 3.05) is 0 Å². The number of carboxylic acids is 1. The van der Waals surface area contributed by atoms with E-state index in [1.54, 1.807) is 37.3 Å². The summed E-state index contributed by atoms with van der Waals surface area (Å²) in [5.74, 6) is -1.40.